The van der Waals surface area contributed by atoms with Gasteiger partial charge < -0.3 is 4.80 Å². The molecule has 0 amide bonds. The Balaban J connectivity index is 3.32. The van der Waals surface area contributed by atoms with Crippen molar-refractivity contribution in [3.63, 3.8) is 0 Å². The van der Waals surface area contributed by atoms with Gasteiger partial charge in [-0.05, 0) is 24.3 Å². The molecule has 1 N–H and O–H groups in total. The molecule has 0 saturated heterocycles. The van der Waals surface area contributed by atoms with Gasteiger partial charge in [-0.25, -0.2) is 0 Å². The largest absolute Gasteiger partial charge is 0.432 e. The fourth-order valence-electron chi connectivity index (χ4n) is 1.90. The molecular weight excluding hydrogens is 200 g/mol. The Hall–Kier alpha value is 0.177. The van der Waals surface area contributed by atoms with Gasteiger partial charge in [0.25, 0.3) is 0 Å². The van der Waals surface area contributed by atoms with Crippen molar-refractivity contribution in [1.29, 1.82) is 0 Å². The molecule has 0 aliphatic carbocycles. The van der Waals surface area contributed by atoms with E-state index in [9.17, 15) is 0 Å². The monoisotopic (exact) mass is 228 g/mol. The summed E-state index contributed by atoms with van der Waals surface area (Å²) in [5, 5.41) is 0. The van der Waals surface area contributed by atoms with E-state index in [1.165, 1.54) is 51.4 Å². The molecule has 0 aliphatic rings. The zero-order chi connectivity index (χ0) is 11.6. The van der Waals surface area contributed by atoms with E-state index < -0.39 is 0 Å². The predicted molar refractivity (Wildman–Crippen MR) is 69.2 cm³/mol. The molecular formula is C13H28OSi. The van der Waals surface area contributed by atoms with Gasteiger partial charge in [-0.15, -0.1) is 0 Å². The summed E-state index contributed by atoms with van der Waals surface area (Å²) in [5.74, 6) is 0. The smallest absolute Gasteiger partial charge is 0.224 e. The molecule has 0 unspecified atom stereocenters. The molecule has 2 heteroatoms. The van der Waals surface area contributed by atoms with Crippen LogP contribution in [-0.4, -0.2) is 14.6 Å². The third-order valence-electron chi connectivity index (χ3n) is 3.12. The van der Waals surface area contributed by atoms with Crippen LogP contribution in [-0.2, 0) is 0 Å². The van der Waals surface area contributed by atoms with Gasteiger partial charge in [-0.2, -0.15) is 0 Å². The minimum Gasteiger partial charge on any atom is -0.432 e. The second kappa shape index (κ2) is 9.41. The molecule has 0 rings (SSSR count). The molecule has 0 heterocycles. The second-order valence-electron chi connectivity index (χ2n) is 5.34. The third kappa shape index (κ3) is 10.5. The molecule has 0 saturated carbocycles. The van der Waals surface area contributed by atoms with E-state index in [4.69, 9.17) is 4.80 Å². The van der Waals surface area contributed by atoms with Crippen molar-refractivity contribution in [1.82, 2.24) is 0 Å². The Morgan fingerprint density at radius 2 is 1.53 bits per heavy atom. The van der Waals surface area contributed by atoms with Gasteiger partial charge >= 0.3 is 0 Å². The molecule has 2 radical (unpaired) electrons. The Bertz CT molecular complexity index is 134. The lowest BCUT2D eigenvalue weighted by molar-refractivity contribution is 0.304. The topological polar surface area (TPSA) is 20.2 Å². The maximum absolute atomic E-state index is 8.83. The summed E-state index contributed by atoms with van der Waals surface area (Å²) in [6.45, 7) is 6.93. The molecule has 90 valence electrons. The highest BCUT2D eigenvalue weighted by atomic mass is 28.2. The number of hydrogen-bond donors (Lipinski definition) is 1. The summed E-state index contributed by atoms with van der Waals surface area (Å²) in [5.41, 5.74) is 0.445. The summed E-state index contributed by atoms with van der Waals surface area (Å²) in [7, 11) is 0.137. The molecule has 0 aromatic heterocycles. The van der Waals surface area contributed by atoms with Crippen LogP contribution in [0.5, 0.6) is 0 Å². The lowest BCUT2D eigenvalue weighted by Crippen LogP contribution is -2.12. The average Bonchev–Trinajstić information content (AvgIpc) is 2.20. The number of hydrogen-bond acceptors (Lipinski definition) is 1. The van der Waals surface area contributed by atoms with Gasteiger partial charge in [-0.1, -0.05) is 59.3 Å². The Labute approximate surface area is 98.6 Å². The first-order valence-corrected chi connectivity index (χ1v) is 7.65. The third-order valence-corrected chi connectivity index (χ3v) is 3.59. The zero-order valence-corrected chi connectivity index (χ0v) is 11.8. The highest BCUT2D eigenvalue weighted by molar-refractivity contribution is 6.25. The number of unbranched alkanes of at least 4 members (excludes halogenated alkanes) is 5. The first kappa shape index (κ1) is 15.2. The first-order chi connectivity index (χ1) is 7.12. The molecule has 0 spiro atoms. The summed E-state index contributed by atoms with van der Waals surface area (Å²) < 4.78 is 0. The Morgan fingerprint density at radius 3 is 2.13 bits per heavy atom. The van der Waals surface area contributed by atoms with E-state index in [1.54, 1.807) is 0 Å². The van der Waals surface area contributed by atoms with Crippen LogP contribution in [0, 0.1) is 5.41 Å². The average molecular weight is 228 g/mol. The van der Waals surface area contributed by atoms with Crippen LogP contribution in [0.1, 0.15) is 72.1 Å². The van der Waals surface area contributed by atoms with Crippen molar-refractivity contribution in [3.05, 3.63) is 0 Å². The Kier molecular flexibility index (Phi) is 9.52. The second-order valence-corrected chi connectivity index (χ2v) is 6.16. The molecule has 1 nitrogen and oxygen atoms in total. The van der Waals surface area contributed by atoms with Crippen molar-refractivity contribution < 1.29 is 4.80 Å². The first-order valence-electron chi connectivity index (χ1n) is 6.49. The molecule has 15 heavy (non-hydrogen) atoms. The summed E-state index contributed by atoms with van der Waals surface area (Å²) in [4.78, 5) is 8.83. The predicted octanol–water partition coefficient (Wildman–Crippen LogP) is 4.18. The van der Waals surface area contributed by atoms with Crippen molar-refractivity contribution in [2.24, 2.45) is 5.41 Å². The van der Waals surface area contributed by atoms with Crippen LogP contribution in [0.4, 0.5) is 0 Å². The summed E-state index contributed by atoms with van der Waals surface area (Å²) in [6.07, 6.45) is 10.8. The summed E-state index contributed by atoms with van der Waals surface area (Å²) in [6, 6.07) is 0.989. The van der Waals surface area contributed by atoms with Gasteiger partial charge in [0.2, 0.25) is 9.76 Å². The van der Waals surface area contributed by atoms with Crippen molar-refractivity contribution >= 4 is 9.76 Å². The fourth-order valence-corrected chi connectivity index (χ4v) is 2.69. The minimum atomic E-state index is 0.137. The molecule has 0 atom stereocenters. The quantitative estimate of drug-likeness (QED) is 0.439. The lowest BCUT2D eigenvalue weighted by Gasteiger charge is -2.23. The minimum absolute atomic E-state index is 0.137. The van der Waals surface area contributed by atoms with Gasteiger partial charge in [-0.3, -0.25) is 0 Å². The van der Waals surface area contributed by atoms with Gasteiger partial charge in [0, 0.05) is 0 Å². The highest BCUT2D eigenvalue weighted by Gasteiger charge is 2.16. The maximum Gasteiger partial charge on any atom is 0.224 e. The fraction of sp³-hybridized carbons (Fsp3) is 1.00. The molecule has 0 aromatic carbocycles. The van der Waals surface area contributed by atoms with Crippen LogP contribution in [0.3, 0.4) is 0 Å². The van der Waals surface area contributed by atoms with E-state index in [1.807, 2.05) is 0 Å². The van der Waals surface area contributed by atoms with Crippen molar-refractivity contribution in [3.8, 4) is 0 Å². The molecule has 0 aromatic rings. The number of rotatable bonds is 10. The van der Waals surface area contributed by atoms with Crippen molar-refractivity contribution in [2.75, 3.05) is 0 Å². The Morgan fingerprint density at radius 1 is 0.933 bits per heavy atom. The van der Waals surface area contributed by atoms with Gasteiger partial charge in [0.15, 0.2) is 0 Å². The van der Waals surface area contributed by atoms with Crippen molar-refractivity contribution in [2.45, 2.75) is 78.2 Å². The van der Waals surface area contributed by atoms with E-state index in [-0.39, 0.29) is 9.76 Å². The van der Waals surface area contributed by atoms with Crippen LogP contribution in [0.2, 0.25) is 6.04 Å². The SMILES string of the molecule is CCCCCCCCC(C)(C)CC[Si]O. The van der Waals surface area contributed by atoms with Crippen LogP contribution in [0.25, 0.3) is 0 Å². The molecule has 0 aliphatic heterocycles. The van der Waals surface area contributed by atoms with E-state index in [0.717, 1.165) is 6.04 Å². The van der Waals surface area contributed by atoms with Gasteiger partial charge in [0.1, 0.15) is 0 Å². The standard InChI is InChI=1S/C13H28OSi/c1-4-5-6-7-8-9-10-13(2,3)11-12-15-14/h14H,4-12H2,1-3H3. The normalized spacial score (nSPS) is 12.0. The van der Waals surface area contributed by atoms with E-state index in [2.05, 4.69) is 20.8 Å². The highest BCUT2D eigenvalue weighted by Crippen LogP contribution is 2.29. The molecule has 0 bridgehead atoms. The molecule has 0 fully saturated rings. The van der Waals surface area contributed by atoms with Crippen LogP contribution >= 0.6 is 0 Å². The van der Waals surface area contributed by atoms with Gasteiger partial charge in [0.05, 0.1) is 0 Å². The van der Waals surface area contributed by atoms with E-state index >= 15 is 0 Å². The van der Waals surface area contributed by atoms with E-state index in [0.29, 0.717) is 5.41 Å². The zero-order valence-electron chi connectivity index (χ0n) is 10.8. The lowest BCUT2D eigenvalue weighted by atomic mass is 9.84. The maximum atomic E-state index is 8.83. The van der Waals surface area contributed by atoms with Crippen LogP contribution in [0.15, 0.2) is 0 Å². The van der Waals surface area contributed by atoms with Crippen LogP contribution < -0.4 is 0 Å². The summed E-state index contributed by atoms with van der Waals surface area (Å²) >= 11 is 0.